The third-order valence-corrected chi connectivity index (χ3v) is 6.22. The minimum Gasteiger partial charge on any atom is -0.486 e. The number of carbonyl (C=O) groups excluding carboxylic acids is 1. The lowest BCUT2D eigenvalue weighted by Gasteiger charge is -2.24. The van der Waals surface area contributed by atoms with Gasteiger partial charge in [-0.3, -0.25) is 9.36 Å². The summed E-state index contributed by atoms with van der Waals surface area (Å²) in [4.78, 5) is 12.6. The van der Waals surface area contributed by atoms with E-state index in [2.05, 4.69) is 22.1 Å². The average Bonchev–Trinajstić information content (AvgIpc) is 3.10. The zero-order valence-electron chi connectivity index (χ0n) is 16.6. The fraction of sp³-hybridized carbons (Fsp3) is 0.476. The minimum absolute atomic E-state index is 0.0500. The number of nitrogens with one attached hydrogen (secondary N) is 1. The van der Waals surface area contributed by atoms with Gasteiger partial charge in [0.1, 0.15) is 12.4 Å². The molecule has 1 aliphatic carbocycles. The number of allylic oxidation sites excluding steroid dienone is 1. The van der Waals surface area contributed by atoms with E-state index in [1.807, 2.05) is 23.6 Å². The van der Waals surface area contributed by atoms with E-state index in [9.17, 15) is 4.79 Å². The lowest BCUT2D eigenvalue weighted by Crippen LogP contribution is -2.40. The monoisotopic (exact) mass is 434 g/mol. The molecule has 0 radical (unpaired) electrons. The molecular weight excluding hydrogens is 408 g/mol. The molecule has 2 aromatic rings. The van der Waals surface area contributed by atoms with Crippen LogP contribution in [-0.2, 0) is 17.9 Å². The van der Waals surface area contributed by atoms with Crippen LogP contribution in [0.1, 0.15) is 44.9 Å². The van der Waals surface area contributed by atoms with Crippen LogP contribution in [0.3, 0.4) is 0 Å². The van der Waals surface area contributed by atoms with E-state index in [0.717, 1.165) is 12.8 Å². The van der Waals surface area contributed by atoms with Gasteiger partial charge in [-0.05, 0) is 44.0 Å². The van der Waals surface area contributed by atoms with Crippen LogP contribution in [0.15, 0.2) is 42.1 Å². The Morgan fingerprint density at radius 2 is 2.07 bits per heavy atom. The smallest absolute Gasteiger partial charge is 0.233 e. The number of carbonyl (C=O) groups is 1. The molecule has 0 saturated heterocycles. The van der Waals surface area contributed by atoms with E-state index in [-0.39, 0.29) is 17.8 Å². The van der Waals surface area contributed by atoms with Crippen molar-refractivity contribution in [1.29, 1.82) is 0 Å². The second-order valence-corrected chi connectivity index (χ2v) is 8.89. The SMILES string of the molecule is C=CCn1c(COc2ccc(Cl)cc2)nnc1SC(C)C(=O)NC1CCCCC1. The molecule has 1 saturated carbocycles. The van der Waals surface area contributed by atoms with E-state index >= 15 is 0 Å². The van der Waals surface area contributed by atoms with Gasteiger partial charge in [0.05, 0.1) is 5.25 Å². The Labute approximate surface area is 181 Å². The quantitative estimate of drug-likeness (QED) is 0.460. The van der Waals surface area contributed by atoms with Gasteiger partial charge < -0.3 is 10.1 Å². The number of hydrogen-bond donors (Lipinski definition) is 1. The summed E-state index contributed by atoms with van der Waals surface area (Å²) in [5.74, 6) is 1.44. The summed E-state index contributed by atoms with van der Waals surface area (Å²) >= 11 is 7.31. The number of aromatic nitrogens is 3. The molecule has 1 fully saturated rings. The van der Waals surface area contributed by atoms with Crippen molar-refractivity contribution in [2.24, 2.45) is 0 Å². The fourth-order valence-electron chi connectivity index (χ4n) is 3.28. The van der Waals surface area contributed by atoms with Gasteiger partial charge in [0.25, 0.3) is 0 Å². The maximum Gasteiger partial charge on any atom is 0.233 e. The second-order valence-electron chi connectivity index (χ2n) is 7.14. The van der Waals surface area contributed by atoms with E-state index < -0.39 is 0 Å². The lowest BCUT2D eigenvalue weighted by molar-refractivity contribution is -0.121. The molecule has 1 aromatic carbocycles. The molecule has 1 amide bonds. The van der Waals surface area contributed by atoms with E-state index in [4.69, 9.17) is 16.3 Å². The Kier molecular flexibility index (Phi) is 8.00. The highest BCUT2D eigenvalue weighted by Gasteiger charge is 2.23. The summed E-state index contributed by atoms with van der Waals surface area (Å²) < 4.78 is 7.72. The number of thioether (sulfide) groups is 1. The molecule has 8 heteroatoms. The van der Waals surface area contributed by atoms with Crippen molar-refractivity contribution in [3.8, 4) is 5.75 Å². The van der Waals surface area contributed by atoms with Crippen LogP contribution in [0, 0.1) is 0 Å². The molecule has 6 nitrogen and oxygen atoms in total. The molecule has 29 heavy (non-hydrogen) atoms. The zero-order valence-corrected chi connectivity index (χ0v) is 18.2. The predicted molar refractivity (Wildman–Crippen MR) is 116 cm³/mol. The molecular formula is C21H27ClN4O2S. The number of halogens is 1. The van der Waals surface area contributed by atoms with Crippen molar-refractivity contribution in [2.75, 3.05) is 0 Å². The van der Waals surface area contributed by atoms with Gasteiger partial charge in [-0.15, -0.1) is 16.8 Å². The van der Waals surface area contributed by atoms with Crippen molar-refractivity contribution in [1.82, 2.24) is 20.1 Å². The van der Waals surface area contributed by atoms with E-state index in [1.54, 1.807) is 18.2 Å². The summed E-state index contributed by atoms with van der Waals surface area (Å²) in [6, 6.07) is 7.47. The summed E-state index contributed by atoms with van der Waals surface area (Å²) in [5, 5.41) is 12.8. The molecule has 0 spiro atoms. The Morgan fingerprint density at radius 1 is 1.34 bits per heavy atom. The number of rotatable bonds is 9. The number of hydrogen-bond acceptors (Lipinski definition) is 5. The van der Waals surface area contributed by atoms with Crippen LogP contribution in [-0.4, -0.2) is 32.0 Å². The number of ether oxygens (including phenoxy) is 1. The molecule has 1 aliphatic rings. The molecule has 156 valence electrons. The van der Waals surface area contributed by atoms with Crippen molar-refractivity contribution in [3.05, 3.63) is 47.8 Å². The third kappa shape index (κ3) is 6.24. The van der Waals surface area contributed by atoms with Gasteiger partial charge >= 0.3 is 0 Å². The summed E-state index contributed by atoms with van der Waals surface area (Å²) in [7, 11) is 0. The molecule has 1 heterocycles. The Bertz CT molecular complexity index is 819. The van der Waals surface area contributed by atoms with E-state index in [0.29, 0.717) is 34.3 Å². The highest BCUT2D eigenvalue weighted by molar-refractivity contribution is 8.00. The molecule has 3 rings (SSSR count). The number of amides is 1. The first-order chi connectivity index (χ1) is 14.1. The fourth-order valence-corrected chi connectivity index (χ4v) is 4.29. The van der Waals surface area contributed by atoms with Gasteiger partial charge in [-0.1, -0.05) is 48.7 Å². The first-order valence-electron chi connectivity index (χ1n) is 9.95. The Morgan fingerprint density at radius 3 is 2.76 bits per heavy atom. The standard InChI is InChI=1S/C21H27ClN4O2S/c1-3-13-26-19(14-28-18-11-9-16(22)10-12-18)24-25-21(26)29-15(2)20(27)23-17-7-5-4-6-8-17/h3,9-12,15,17H,1,4-8,13-14H2,2H3,(H,23,27). The predicted octanol–water partition coefficient (Wildman–Crippen LogP) is 4.63. The van der Waals surface area contributed by atoms with Crippen molar-refractivity contribution < 1.29 is 9.53 Å². The largest absolute Gasteiger partial charge is 0.486 e. The normalized spacial score (nSPS) is 15.7. The Hall–Kier alpha value is -1.99. The molecule has 0 aliphatic heterocycles. The van der Waals surface area contributed by atoms with E-state index in [1.165, 1.54) is 31.0 Å². The molecule has 1 atom stereocenters. The molecule has 0 bridgehead atoms. The Balaban J connectivity index is 1.61. The van der Waals surface area contributed by atoms with Crippen LogP contribution in [0.5, 0.6) is 5.75 Å². The highest BCUT2D eigenvalue weighted by Crippen LogP contribution is 2.25. The zero-order chi connectivity index (χ0) is 20.6. The average molecular weight is 435 g/mol. The van der Waals surface area contributed by atoms with Crippen LogP contribution in [0.2, 0.25) is 5.02 Å². The number of benzene rings is 1. The molecule has 1 aromatic heterocycles. The topological polar surface area (TPSA) is 69.0 Å². The van der Waals surface area contributed by atoms with Gasteiger partial charge in [0, 0.05) is 17.6 Å². The van der Waals surface area contributed by atoms with Gasteiger partial charge in [0.2, 0.25) is 5.91 Å². The highest BCUT2D eigenvalue weighted by atomic mass is 35.5. The van der Waals surface area contributed by atoms with Crippen molar-refractivity contribution >= 4 is 29.3 Å². The lowest BCUT2D eigenvalue weighted by atomic mass is 9.95. The second kappa shape index (κ2) is 10.7. The van der Waals surface area contributed by atoms with Gasteiger partial charge in [0.15, 0.2) is 11.0 Å². The van der Waals surface area contributed by atoms with Crippen LogP contribution in [0.4, 0.5) is 0 Å². The summed E-state index contributed by atoms with van der Waals surface area (Å²) in [6.45, 7) is 6.54. The van der Waals surface area contributed by atoms with Crippen molar-refractivity contribution in [2.45, 2.75) is 68.6 Å². The number of nitrogens with zero attached hydrogens (tertiary/aromatic N) is 3. The first-order valence-corrected chi connectivity index (χ1v) is 11.2. The molecule has 1 N–H and O–H groups in total. The van der Waals surface area contributed by atoms with Crippen LogP contribution < -0.4 is 10.1 Å². The first kappa shape index (κ1) is 21.7. The maximum absolute atomic E-state index is 12.6. The summed E-state index contributed by atoms with van der Waals surface area (Å²) in [6.07, 6.45) is 7.58. The van der Waals surface area contributed by atoms with Crippen LogP contribution >= 0.6 is 23.4 Å². The molecule has 1 unspecified atom stereocenters. The summed E-state index contributed by atoms with van der Waals surface area (Å²) in [5.41, 5.74) is 0. The van der Waals surface area contributed by atoms with Crippen LogP contribution in [0.25, 0.3) is 0 Å². The maximum atomic E-state index is 12.6. The third-order valence-electron chi connectivity index (χ3n) is 4.89. The van der Waals surface area contributed by atoms with Gasteiger partial charge in [-0.25, -0.2) is 0 Å². The van der Waals surface area contributed by atoms with Gasteiger partial charge in [-0.2, -0.15) is 0 Å². The van der Waals surface area contributed by atoms with Crippen molar-refractivity contribution in [3.63, 3.8) is 0 Å². The minimum atomic E-state index is -0.255.